The average molecular weight is 362 g/mol. The monoisotopic (exact) mass is 362 g/mol. The van der Waals surface area contributed by atoms with Crippen LogP contribution in [-0.4, -0.2) is 25.0 Å². The van der Waals surface area contributed by atoms with Crippen molar-refractivity contribution in [3.63, 3.8) is 0 Å². The van der Waals surface area contributed by atoms with Gasteiger partial charge in [-0.1, -0.05) is 36.4 Å². The average Bonchev–Trinajstić information content (AvgIpc) is 3.31. The molecule has 27 heavy (non-hydrogen) atoms. The first-order chi connectivity index (χ1) is 13.2. The fraction of sp³-hybridized carbons (Fsp3) is 0.150. The number of nitrogens with zero attached hydrogens (tertiary/aromatic N) is 4. The predicted octanol–water partition coefficient (Wildman–Crippen LogP) is 2.32. The first kappa shape index (κ1) is 16.8. The maximum Gasteiger partial charge on any atom is 0.350 e. The molecule has 0 aliphatic rings. The number of carbonyl (C=O) groups is 1. The molecule has 0 aliphatic carbocycles. The van der Waals surface area contributed by atoms with Crippen molar-refractivity contribution in [2.75, 3.05) is 0 Å². The molecule has 136 valence electrons. The summed E-state index contributed by atoms with van der Waals surface area (Å²) in [7, 11) is 0. The number of amides is 1. The van der Waals surface area contributed by atoms with Crippen molar-refractivity contribution >= 4 is 11.6 Å². The van der Waals surface area contributed by atoms with Gasteiger partial charge in [0.25, 0.3) is 0 Å². The Balaban J connectivity index is 1.59. The zero-order chi connectivity index (χ0) is 18.6. The molecule has 3 heterocycles. The molecular weight excluding hydrogens is 344 g/mol. The van der Waals surface area contributed by atoms with E-state index in [0.29, 0.717) is 24.5 Å². The molecule has 0 saturated carbocycles. The predicted molar refractivity (Wildman–Crippen MR) is 98.9 cm³/mol. The number of pyridine rings is 1. The van der Waals surface area contributed by atoms with Gasteiger partial charge >= 0.3 is 5.69 Å². The van der Waals surface area contributed by atoms with Crippen LogP contribution in [0.2, 0.25) is 0 Å². The van der Waals surface area contributed by atoms with Crippen molar-refractivity contribution in [2.45, 2.75) is 19.6 Å². The van der Waals surface area contributed by atoms with Crippen LogP contribution in [0.25, 0.3) is 5.65 Å². The molecule has 3 aromatic heterocycles. The summed E-state index contributed by atoms with van der Waals surface area (Å²) >= 11 is 0. The van der Waals surface area contributed by atoms with Crippen LogP contribution in [-0.2, 0) is 24.4 Å². The fourth-order valence-electron chi connectivity index (χ4n) is 2.93. The molecule has 0 radical (unpaired) electrons. The van der Waals surface area contributed by atoms with E-state index in [0.717, 1.165) is 5.56 Å². The number of fused-ring (bicyclic) bond motifs is 1. The molecule has 7 nitrogen and oxygen atoms in total. The van der Waals surface area contributed by atoms with E-state index in [4.69, 9.17) is 4.42 Å². The first-order valence-corrected chi connectivity index (χ1v) is 8.59. The third kappa shape index (κ3) is 3.67. The Kier molecular flexibility index (Phi) is 4.57. The van der Waals surface area contributed by atoms with Gasteiger partial charge in [0.15, 0.2) is 5.65 Å². The summed E-state index contributed by atoms with van der Waals surface area (Å²) in [6.07, 6.45) is 3.21. The van der Waals surface area contributed by atoms with Crippen LogP contribution >= 0.6 is 0 Å². The smallest absolute Gasteiger partial charge is 0.350 e. The Morgan fingerprint density at radius 1 is 1.00 bits per heavy atom. The summed E-state index contributed by atoms with van der Waals surface area (Å²) < 4.78 is 8.00. The molecule has 7 heteroatoms. The largest absolute Gasteiger partial charge is 0.467 e. The van der Waals surface area contributed by atoms with E-state index in [-0.39, 0.29) is 18.1 Å². The van der Waals surface area contributed by atoms with Crippen LogP contribution in [0.15, 0.2) is 82.3 Å². The maximum absolute atomic E-state index is 12.9. The topological polar surface area (TPSA) is 72.8 Å². The van der Waals surface area contributed by atoms with Gasteiger partial charge in [-0.25, -0.2) is 9.48 Å². The second kappa shape index (κ2) is 7.33. The molecule has 0 spiro atoms. The lowest BCUT2D eigenvalue weighted by molar-refractivity contribution is -0.133. The number of benzene rings is 1. The zero-order valence-corrected chi connectivity index (χ0v) is 14.6. The van der Waals surface area contributed by atoms with Crippen LogP contribution in [0.5, 0.6) is 0 Å². The number of carbonyl (C=O) groups excluding carboxylic acids is 1. The number of rotatable bonds is 6. The Bertz CT molecular complexity index is 1100. The van der Waals surface area contributed by atoms with Crippen LogP contribution in [0.1, 0.15) is 11.3 Å². The fourth-order valence-corrected chi connectivity index (χ4v) is 2.93. The standard InChI is InChI=1S/C20H18N4O3/c25-19(15-24-20(26)23-11-5-4-10-18(23)21-24)22(14-17-9-6-12-27-17)13-16-7-2-1-3-8-16/h1-12H,13-15H2. The number of hydrogen-bond acceptors (Lipinski definition) is 4. The van der Waals surface area contributed by atoms with Gasteiger partial charge in [0, 0.05) is 12.7 Å². The lowest BCUT2D eigenvalue weighted by Gasteiger charge is -2.21. The van der Waals surface area contributed by atoms with Gasteiger partial charge in [-0.2, -0.15) is 0 Å². The molecule has 0 bridgehead atoms. The molecule has 0 aliphatic heterocycles. The normalized spacial score (nSPS) is 11.0. The molecule has 0 saturated heterocycles. The van der Waals surface area contributed by atoms with E-state index in [1.54, 1.807) is 41.6 Å². The highest BCUT2D eigenvalue weighted by Crippen LogP contribution is 2.11. The molecule has 4 aromatic rings. The SMILES string of the molecule is O=C(Cn1nc2ccccn2c1=O)N(Cc1ccccc1)Cc1ccco1. The molecule has 0 N–H and O–H groups in total. The van der Waals surface area contributed by atoms with E-state index in [2.05, 4.69) is 5.10 Å². The third-order valence-corrected chi connectivity index (χ3v) is 4.27. The molecule has 0 atom stereocenters. The Hall–Kier alpha value is -3.61. The zero-order valence-electron chi connectivity index (χ0n) is 14.6. The summed E-state index contributed by atoms with van der Waals surface area (Å²) in [6.45, 7) is 0.611. The summed E-state index contributed by atoms with van der Waals surface area (Å²) in [4.78, 5) is 27.0. The van der Waals surface area contributed by atoms with Crippen molar-refractivity contribution in [1.29, 1.82) is 0 Å². The molecule has 0 unspecified atom stereocenters. The van der Waals surface area contributed by atoms with Crippen molar-refractivity contribution in [2.24, 2.45) is 0 Å². The number of aromatic nitrogens is 3. The highest BCUT2D eigenvalue weighted by Gasteiger charge is 2.19. The van der Waals surface area contributed by atoms with Gasteiger partial charge in [0.2, 0.25) is 5.91 Å². The van der Waals surface area contributed by atoms with Crippen LogP contribution < -0.4 is 5.69 Å². The van der Waals surface area contributed by atoms with E-state index in [9.17, 15) is 9.59 Å². The molecular formula is C20H18N4O3. The van der Waals surface area contributed by atoms with E-state index >= 15 is 0 Å². The second-order valence-corrected chi connectivity index (χ2v) is 6.18. The Labute approximate surface area is 155 Å². The van der Waals surface area contributed by atoms with Gasteiger partial charge < -0.3 is 9.32 Å². The van der Waals surface area contributed by atoms with Gasteiger partial charge in [-0.15, -0.1) is 5.10 Å². The number of furan rings is 1. The summed E-state index contributed by atoms with van der Waals surface area (Å²) in [6, 6.07) is 18.6. The Morgan fingerprint density at radius 2 is 1.81 bits per heavy atom. The minimum Gasteiger partial charge on any atom is -0.467 e. The van der Waals surface area contributed by atoms with E-state index < -0.39 is 0 Å². The quantitative estimate of drug-likeness (QED) is 0.528. The highest BCUT2D eigenvalue weighted by atomic mass is 16.3. The van der Waals surface area contributed by atoms with Gasteiger partial charge in [0.05, 0.1) is 12.8 Å². The van der Waals surface area contributed by atoms with Crippen molar-refractivity contribution < 1.29 is 9.21 Å². The third-order valence-electron chi connectivity index (χ3n) is 4.27. The van der Waals surface area contributed by atoms with Crippen LogP contribution in [0, 0.1) is 0 Å². The lowest BCUT2D eigenvalue weighted by atomic mass is 10.2. The second-order valence-electron chi connectivity index (χ2n) is 6.18. The molecule has 1 aromatic carbocycles. The highest BCUT2D eigenvalue weighted by molar-refractivity contribution is 5.76. The molecule has 1 amide bonds. The Morgan fingerprint density at radius 3 is 2.56 bits per heavy atom. The van der Waals surface area contributed by atoms with E-state index in [1.807, 2.05) is 36.4 Å². The van der Waals surface area contributed by atoms with Gasteiger partial charge in [0.1, 0.15) is 12.3 Å². The molecule has 4 rings (SSSR count). The molecule has 0 fully saturated rings. The van der Waals surface area contributed by atoms with Crippen molar-refractivity contribution in [1.82, 2.24) is 19.1 Å². The summed E-state index contributed by atoms with van der Waals surface area (Å²) in [5.74, 6) is 0.474. The minimum atomic E-state index is -0.336. The lowest BCUT2D eigenvalue weighted by Crippen LogP contribution is -2.36. The minimum absolute atomic E-state index is 0.131. The number of hydrogen-bond donors (Lipinski definition) is 0. The van der Waals surface area contributed by atoms with Gasteiger partial charge in [-0.05, 0) is 29.8 Å². The van der Waals surface area contributed by atoms with Crippen LogP contribution in [0.4, 0.5) is 0 Å². The summed E-state index contributed by atoms with van der Waals surface area (Å²) in [5.41, 5.74) is 1.17. The first-order valence-electron chi connectivity index (χ1n) is 8.59. The van der Waals surface area contributed by atoms with Crippen LogP contribution in [0.3, 0.4) is 0 Å². The van der Waals surface area contributed by atoms with Crippen molar-refractivity contribution in [3.05, 3.63) is 94.9 Å². The van der Waals surface area contributed by atoms with Crippen molar-refractivity contribution in [3.8, 4) is 0 Å². The maximum atomic E-state index is 12.9. The van der Waals surface area contributed by atoms with E-state index in [1.165, 1.54) is 9.08 Å². The summed E-state index contributed by atoms with van der Waals surface area (Å²) in [5, 5.41) is 4.23. The van der Waals surface area contributed by atoms with Gasteiger partial charge in [-0.3, -0.25) is 9.20 Å².